The molecule has 0 aromatic carbocycles. The number of aromatic nitrogens is 2. The summed E-state index contributed by atoms with van der Waals surface area (Å²) in [6.45, 7) is 6.93. The lowest BCUT2D eigenvalue weighted by Crippen LogP contribution is -2.58. The standard InChI is InChI=1S/C17H23N3O3/c1-2-9-22-13-17-5-3-10-23-15(17)4-8-20(12-17)16(21)14-11-18-6-7-19-14/h2,6-7,11,15H,1,3-5,8-10,12-13H2/t15-,17-/m1/s1. The minimum atomic E-state index is -0.128. The lowest BCUT2D eigenvalue weighted by atomic mass is 9.73. The fourth-order valence-corrected chi connectivity index (χ4v) is 3.59. The lowest BCUT2D eigenvalue weighted by molar-refractivity contribution is -0.144. The van der Waals surface area contributed by atoms with Gasteiger partial charge in [-0.3, -0.25) is 9.78 Å². The van der Waals surface area contributed by atoms with Crippen LogP contribution in [0, 0.1) is 5.41 Å². The van der Waals surface area contributed by atoms with Crippen LogP contribution in [-0.2, 0) is 9.47 Å². The zero-order valence-electron chi connectivity index (χ0n) is 13.3. The van der Waals surface area contributed by atoms with Crippen LogP contribution < -0.4 is 0 Å². The summed E-state index contributed by atoms with van der Waals surface area (Å²) < 4.78 is 11.7. The highest BCUT2D eigenvalue weighted by Gasteiger charge is 2.47. The van der Waals surface area contributed by atoms with Crippen molar-refractivity contribution >= 4 is 5.91 Å². The van der Waals surface area contributed by atoms with Gasteiger partial charge >= 0.3 is 0 Å². The largest absolute Gasteiger partial charge is 0.377 e. The third-order valence-corrected chi connectivity index (χ3v) is 4.68. The molecule has 23 heavy (non-hydrogen) atoms. The molecule has 1 aromatic rings. The van der Waals surface area contributed by atoms with E-state index in [0.717, 1.165) is 25.9 Å². The van der Waals surface area contributed by atoms with Gasteiger partial charge in [0, 0.05) is 37.5 Å². The molecule has 3 heterocycles. The average molecular weight is 317 g/mol. The Labute approximate surface area is 136 Å². The molecule has 0 saturated carbocycles. The summed E-state index contributed by atoms with van der Waals surface area (Å²) in [5.41, 5.74) is 0.266. The Balaban J connectivity index is 1.75. The molecule has 0 unspecified atom stereocenters. The predicted octanol–water partition coefficient (Wildman–Crippen LogP) is 1.69. The maximum atomic E-state index is 12.7. The number of rotatable bonds is 5. The molecule has 124 valence electrons. The van der Waals surface area contributed by atoms with Crippen LogP contribution in [0.4, 0.5) is 0 Å². The number of likely N-dealkylation sites (tertiary alicyclic amines) is 1. The molecule has 2 atom stereocenters. The molecule has 2 aliphatic rings. The molecule has 2 aliphatic heterocycles. The molecule has 3 rings (SSSR count). The van der Waals surface area contributed by atoms with E-state index in [2.05, 4.69) is 16.5 Å². The highest BCUT2D eigenvalue weighted by atomic mass is 16.5. The molecule has 2 saturated heterocycles. The van der Waals surface area contributed by atoms with Crippen LogP contribution in [-0.4, -0.2) is 59.8 Å². The van der Waals surface area contributed by atoms with E-state index in [4.69, 9.17) is 9.47 Å². The van der Waals surface area contributed by atoms with Crippen molar-refractivity contribution in [3.8, 4) is 0 Å². The highest BCUT2D eigenvalue weighted by molar-refractivity contribution is 5.92. The van der Waals surface area contributed by atoms with E-state index in [9.17, 15) is 4.79 Å². The van der Waals surface area contributed by atoms with E-state index >= 15 is 0 Å². The Morgan fingerprint density at radius 3 is 3.26 bits per heavy atom. The Kier molecular flexibility index (Phi) is 5.03. The number of piperidine rings is 1. The second kappa shape index (κ2) is 7.19. The number of nitrogens with zero attached hydrogens (tertiary/aromatic N) is 3. The lowest BCUT2D eigenvalue weighted by Gasteiger charge is -2.50. The third-order valence-electron chi connectivity index (χ3n) is 4.68. The topological polar surface area (TPSA) is 64.6 Å². The number of hydrogen-bond donors (Lipinski definition) is 0. The molecule has 0 bridgehead atoms. The van der Waals surface area contributed by atoms with E-state index in [-0.39, 0.29) is 17.4 Å². The molecule has 0 N–H and O–H groups in total. The van der Waals surface area contributed by atoms with Gasteiger partial charge in [-0.25, -0.2) is 4.98 Å². The van der Waals surface area contributed by atoms with Gasteiger partial charge in [0.15, 0.2) is 0 Å². The van der Waals surface area contributed by atoms with Gasteiger partial charge in [-0.1, -0.05) is 6.08 Å². The third kappa shape index (κ3) is 3.43. The second-order valence-corrected chi connectivity index (χ2v) is 6.24. The zero-order valence-corrected chi connectivity index (χ0v) is 13.3. The molecule has 6 nitrogen and oxygen atoms in total. The number of carbonyl (C=O) groups excluding carboxylic acids is 1. The van der Waals surface area contributed by atoms with Crippen LogP contribution in [0.25, 0.3) is 0 Å². The minimum absolute atomic E-state index is 0.0646. The van der Waals surface area contributed by atoms with Crippen LogP contribution in [0.1, 0.15) is 29.8 Å². The Morgan fingerprint density at radius 1 is 1.57 bits per heavy atom. The van der Waals surface area contributed by atoms with Crippen molar-refractivity contribution in [3.63, 3.8) is 0 Å². The van der Waals surface area contributed by atoms with Gasteiger partial charge < -0.3 is 14.4 Å². The van der Waals surface area contributed by atoms with Crippen molar-refractivity contribution in [1.82, 2.24) is 14.9 Å². The summed E-state index contributed by atoms with van der Waals surface area (Å²) in [5.74, 6) is -0.0646. The number of carbonyl (C=O) groups is 1. The van der Waals surface area contributed by atoms with Crippen molar-refractivity contribution in [2.24, 2.45) is 5.41 Å². The fraction of sp³-hybridized carbons (Fsp3) is 0.588. The van der Waals surface area contributed by atoms with Gasteiger partial charge in [-0.2, -0.15) is 0 Å². The molecule has 0 spiro atoms. The van der Waals surface area contributed by atoms with Gasteiger partial charge in [0.2, 0.25) is 0 Å². The van der Waals surface area contributed by atoms with Crippen LogP contribution in [0.2, 0.25) is 0 Å². The first kappa shape index (κ1) is 16.1. The first-order valence-corrected chi connectivity index (χ1v) is 8.11. The normalized spacial score (nSPS) is 27.3. The molecule has 0 radical (unpaired) electrons. The van der Waals surface area contributed by atoms with Crippen molar-refractivity contribution in [2.75, 3.05) is 32.9 Å². The molecule has 6 heteroatoms. The Morgan fingerprint density at radius 2 is 2.48 bits per heavy atom. The smallest absolute Gasteiger partial charge is 0.274 e. The van der Waals surface area contributed by atoms with Gasteiger partial charge in [0.1, 0.15) is 5.69 Å². The van der Waals surface area contributed by atoms with E-state index in [0.29, 0.717) is 32.0 Å². The molecule has 1 amide bonds. The van der Waals surface area contributed by atoms with Crippen molar-refractivity contribution in [3.05, 3.63) is 36.9 Å². The summed E-state index contributed by atoms with van der Waals surface area (Å²) in [6.07, 6.45) is 9.40. The van der Waals surface area contributed by atoms with Gasteiger partial charge in [0.05, 0.1) is 25.5 Å². The SMILES string of the molecule is C=CCOC[C@]12CCCO[C@@H]1CCN(C(=O)c1cnccn1)C2. The van der Waals surface area contributed by atoms with Crippen LogP contribution in [0.5, 0.6) is 0 Å². The van der Waals surface area contributed by atoms with Crippen molar-refractivity contribution in [1.29, 1.82) is 0 Å². The molecule has 2 fully saturated rings. The van der Waals surface area contributed by atoms with Crippen LogP contribution >= 0.6 is 0 Å². The second-order valence-electron chi connectivity index (χ2n) is 6.24. The number of fused-ring (bicyclic) bond motifs is 1. The first-order valence-electron chi connectivity index (χ1n) is 8.11. The van der Waals surface area contributed by atoms with Crippen LogP contribution in [0.15, 0.2) is 31.2 Å². The van der Waals surface area contributed by atoms with Crippen molar-refractivity contribution < 1.29 is 14.3 Å². The van der Waals surface area contributed by atoms with Gasteiger partial charge in [0.25, 0.3) is 5.91 Å². The summed E-state index contributed by atoms with van der Waals surface area (Å²) in [6, 6.07) is 0. The summed E-state index contributed by atoms with van der Waals surface area (Å²) in [4.78, 5) is 22.7. The van der Waals surface area contributed by atoms with Crippen LogP contribution in [0.3, 0.4) is 0 Å². The van der Waals surface area contributed by atoms with Gasteiger partial charge in [-0.15, -0.1) is 6.58 Å². The highest BCUT2D eigenvalue weighted by Crippen LogP contribution is 2.40. The maximum Gasteiger partial charge on any atom is 0.274 e. The van der Waals surface area contributed by atoms with E-state index in [1.54, 1.807) is 18.5 Å². The monoisotopic (exact) mass is 317 g/mol. The first-order chi connectivity index (χ1) is 11.2. The van der Waals surface area contributed by atoms with Crippen molar-refractivity contribution in [2.45, 2.75) is 25.4 Å². The molecule has 0 aliphatic carbocycles. The van der Waals surface area contributed by atoms with E-state index < -0.39 is 0 Å². The Hall–Kier alpha value is -1.79. The predicted molar refractivity (Wildman–Crippen MR) is 85.0 cm³/mol. The Bertz CT molecular complexity index is 551. The van der Waals surface area contributed by atoms with Gasteiger partial charge in [-0.05, 0) is 19.3 Å². The molecular weight excluding hydrogens is 294 g/mol. The molecule has 1 aromatic heterocycles. The number of ether oxygens (including phenoxy) is 2. The van der Waals surface area contributed by atoms with E-state index in [1.807, 2.05) is 4.90 Å². The maximum absolute atomic E-state index is 12.7. The summed E-state index contributed by atoms with van der Waals surface area (Å²) in [5, 5.41) is 0. The molecular formula is C17H23N3O3. The minimum Gasteiger partial charge on any atom is -0.377 e. The number of hydrogen-bond acceptors (Lipinski definition) is 5. The quantitative estimate of drug-likeness (QED) is 0.611. The number of amides is 1. The fourth-order valence-electron chi connectivity index (χ4n) is 3.59. The summed E-state index contributed by atoms with van der Waals surface area (Å²) in [7, 11) is 0. The average Bonchev–Trinajstić information content (AvgIpc) is 2.61. The summed E-state index contributed by atoms with van der Waals surface area (Å²) >= 11 is 0. The zero-order chi connectivity index (χ0) is 16.1. The van der Waals surface area contributed by atoms with E-state index in [1.165, 1.54) is 6.20 Å².